The van der Waals surface area contributed by atoms with Crippen LogP contribution in [0, 0.1) is 11.7 Å². The van der Waals surface area contributed by atoms with Gasteiger partial charge in [-0.25, -0.2) is 4.39 Å². The molecule has 3 rings (SSSR count). The van der Waals surface area contributed by atoms with Crippen LogP contribution in [0.1, 0.15) is 29.6 Å². The van der Waals surface area contributed by atoms with E-state index in [-0.39, 0.29) is 10.6 Å². The Bertz CT molecular complexity index is 537. The van der Waals surface area contributed by atoms with Crippen LogP contribution >= 0.6 is 23.4 Å². The molecule has 1 N–H and O–H groups in total. The summed E-state index contributed by atoms with van der Waals surface area (Å²) >= 11 is 7.97. The number of halogens is 2. The number of nitrogens with one attached hydrogen (secondary N) is 1. The number of hydrogen-bond acceptors (Lipinski definition) is 3. The third-order valence-electron chi connectivity index (χ3n) is 4.81. The largest absolute Gasteiger partial charge is 0.352 e. The van der Waals surface area contributed by atoms with Gasteiger partial charge in [-0.2, -0.15) is 11.8 Å². The van der Waals surface area contributed by atoms with Gasteiger partial charge in [-0.05, 0) is 56.2 Å². The molecule has 0 aromatic heterocycles. The molecule has 1 atom stereocenters. The average molecular weight is 357 g/mol. The average Bonchev–Trinajstić information content (AvgIpc) is 3.08. The van der Waals surface area contributed by atoms with Gasteiger partial charge in [0.05, 0.1) is 10.6 Å². The summed E-state index contributed by atoms with van der Waals surface area (Å²) in [6.45, 7) is 2.80. The van der Waals surface area contributed by atoms with E-state index in [4.69, 9.17) is 11.6 Å². The van der Waals surface area contributed by atoms with Crippen LogP contribution in [0.2, 0.25) is 5.02 Å². The Balaban J connectivity index is 1.47. The van der Waals surface area contributed by atoms with Crippen molar-refractivity contribution in [2.75, 3.05) is 31.1 Å². The third-order valence-corrected chi connectivity index (χ3v) is 6.27. The van der Waals surface area contributed by atoms with Crippen LogP contribution in [0.15, 0.2) is 18.2 Å². The number of benzene rings is 1. The summed E-state index contributed by atoms with van der Waals surface area (Å²) < 4.78 is 13.7. The second kappa shape index (κ2) is 7.86. The summed E-state index contributed by atoms with van der Waals surface area (Å²) in [6.07, 6.45) is 3.48. The number of piperidine rings is 1. The van der Waals surface area contributed by atoms with Crippen LogP contribution in [-0.2, 0) is 0 Å². The molecular weight excluding hydrogens is 335 g/mol. The Labute approximate surface area is 145 Å². The van der Waals surface area contributed by atoms with E-state index >= 15 is 0 Å². The third kappa shape index (κ3) is 4.20. The molecular formula is C17H22ClFN2OS. The summed E-state index contributed by atoms with van der Waals surface area (Å²) in [4.78, 5) is 14.7. The van der Waals surface area contributed by atoms with Gasteiger partial charge in [-0.3, -0.25) is 9.69 Å². The molecule has 0 radical (unpaired) electrons. The highest BCUT2D eigenvalue weighted by Gasteiger charge is 2.27. The topological polar surface area (TPSA) is 32.3 Å². The van der Waals surface area contributed by atoms with Crippen molar-refractivity contribution >= 4 is 29.3 Å². The van der Waals surface area contributed by atoms with Gasteiger partial charge in [0, 0.05) is 18.3 Å². The molecule has 0 spiro atoms. The highest BCUT2D eigenvalue weighted by atomic mass is 35.5. The predicted octanol–water partition coefficient (Wildman–Crippen LogP) is 3.43. The quantitative estimate of drug-likeness (QED) is 0.897. The number of rotatable bonds is 4. The van der Waals surface area contributed by atoms with Gasteiger partial charge >= 0.3 is 0 Å². The Morgan fingerprint density at radius 3 is 2.78 bits per heavy atom. The van der Waals surface area contributed by atoms with Crippen molar-refractivity contribution in [3.05, 3.63) is 34.6 Å². The minimum atomic E-state index is -0.566. The van der Waals surface area contributed by atoms with Crippen LogP contribution in [0.3, 0.4) is 0 Å². The van der Waals surface area contributed by atoms with Gasteiger partial charge < -0.3 is 5.32 Å². The number of nitrogens with zero attached hydrogens (tertiary/aromatic N) is 1. The Kier molecular flexibility index (Phi) is 5.83. The molecule has 3 nitrogen and oxygen atoms in total. The Hall–Kier alpha value is -0.780. The lowest BCUT2D eigenvalue weighted by Gasteiger charge is -2.35. The molecule has 2 aliphatic rings. The Morgan fingerprint density at radius 2 is 2.13 bits per heavy atom. The summed E-state index contributed by atoms with van der Waals surface area (Å²) in [6, 6.07) is 5.05. The molecule has 23 heavy (non-hydrogen) atoms. The predicted molar refractivity (Wildman–Crippen MR) is 93.8 cm³/mol. The van der Waals surface area contributed by atoms with Gasteiger partial charge in [0.15, 0.2) is 0 Å². The molecule has 2 fully saturated rings. The SMILES string of the molecule is O=C(NCC1CCN([C@@H]2CCSC2)CC1)c1c(F)cccc1Cl. The monoisotopic (exact) mass is 356 g/mol. The van der Waals surface area contributed by atoms with E-state index in [1.807, 2.05) is 11.8 Å². The lowest BCUT2D eigenvalue weighted by molar-refractivity contribution is 0.0924. The van der Waals surface area contributed by atoms with E-state index in [0.717, 1.165) is 32.0 Å². The molecule has 2 heterocycles. The number of likely N-dealkylation sites (tertiary alicyclic amines) is 1. The number of carbonyl (C=O) groups is 1. The van der Waals surface area contributed by atoms with E-state index in [0.29, 0.717) is 12.5 Å². The van der Waals surface area contributed by atoms with Crippen LogP contribution in [0.25, 0.3) is 0 Å². The minimum absolute atomic E-state index is 0.0467. The van der Waals surface area contributed by atoms with Gasteiger partial charge in [-0.15, -0.1) is 0 Å². The molecule has 1 aromatic rings. The van der Waals surface area contributed by atoms with Crippen molar-refractivity contribution in [2.45, 2.75) is 25.3 Å². The van der Waals surface area contributed by atoms with E-state index in [9.17, 15) is 9.18 Å². The van der Waals surface area contributed by atoms with Crippen molar-refractivity contribution in [3.8, 4) is 0 Å². The molecule has 1 aromatic carbocycles. The normalized spacial score (nSPS) is 23.1. The maximum atomic E-state index is 13.7. The zero-order valence-corrected chi connectivity index (χ0v) is 14.6. The molecule has 1 amide bonds. The summed E-state index contributed by atoms with van der Waals surface area (Å²) in [5, 5.41) is 3.01. The maximum absolute atomic E-state index is 13.7. The summed E-state index contributed by atoms with van der Waals surface area (Å²) in [7, 11) is 0. The van der Waals surface area contributed by atoms with E-state index < -0.39 is 11.7 Å². The fourth-order valence-electron chi connectivity index (χ4n) is 3.37. The van der Waals surface area contributed by atoms with Crippen LogP contribution in [-0.4, -0.2) is 48.0 Å². The first-order valence-corrected chi connectivity index (χ1v) is 9.72. The minimum Gasteiger partial charge on any atom is -0.352 e. The molecule has 126 valence electrons. The second-order valence-corrected chi connectivity index (χ2v) is 7.86. The molecule has 0 bridgehead atoms. The van der Waals surface area contributed by atoms with Gasteiger partial charge in [0.1, 0.15) is 5.82 Å². The standard InChI is InChI=1S/C17H22ClFN2OS/c18-14-2-1-3-15(19)16(14)17(22)20-10-12-4-7-21(8-5-12)13-6-9-23-11-13/h1-3,12-13H,4-11H2,(H,20,22)/t13-/m1/s1. The van der Waals surface area contributed by atoms with Crippen LogP contribution in [0.5, 0.6) is 0 Å². The molecule has 0 saturated carbocycles. The first kappa shape index (κ1) is 17.1. The van der Waals surface area contributed by atoms with E-state index in [1.165, 1.54) is 36.1 Å². The maximum Gasteiger partial charge on any atom is 0.255 e. The number of hydrogen-bond donors (Lipinski definition) is 1. The van der Waals surface area contributed by atoms with Gasteiger partial charge in [0.2, 0.25) is 0 Å². The zero-order chi connectivity index (χ0) is 16.2. The van der Waals surface area contributed by atoms with Crippen LogP contribution < -0.4 is 5.32 Å². The highest BCUT2D eigenvalue weighted by Crippen LogP contribution is 2.27. The first-order valence-electron chi connectivity index (χ1n) is 8.19. The van der Waals surface area contributed by atoms with Crippen LogP contribution in [0.4, 0.5) is 4.39 Å². The van der Waals surface area contributed by atoms with Crippen molar-refractivity contribution < 1.29 is 9.18 Å². The van der Waals surface area contributed by atoms with Gasteiger partial charge in [0.25, 0.3) is 5.91 Å². The van der Waals surface area contributed by atoms with Gasteiger partial charge in [-0.1, -0.05) is 17.7 Å². The molecule has 2 saturated heterocycles. The highest BCUT2D eigenvalue weighted by molar-refractivity contribution is 7.99. The molecule has 0 unspecified atom stereocenters. The summed E-state index contributed by atoms with van der Waals surface area (Å²) in [5.41, 5.74) is -0.0467. The lowest BCUT2D eigenvalue weighted by atomic mass is 9.95. The van der Waals surface area contributed by atoms with E-state index in [2.05, 4.69) is 10.2 Å². The number of thioether (sulfide) groups is 1. The van der Waals surface area contributed by atoms with Crippen molar-refractivity contribution in [2.24, 2.45) is 5.92 Å². The van der Waals surface area contributed by atoms with Crippen molar-refractivity contribution in [1.29, 1.82) is 0 Å². The smallest absolute Gasteiger partial charge is 0.255 e. The first-order chi connectivity index (χ1) is 11.1. The lowest BCUT2D eigenvalue weighted by Crippen LogP contribution is -2.43. The van der Waals surface area contributed by atoms with E-state index in [1.54, 1.807) is 0 Å². The van der Waals surface area contributed by atoms with Crippen molar-refractivity contribution in [3.63, 3.8) is 0 Å². The Morgan fingerprint density at radius 1 is 1.35 bits per heavy atom. The molecule has 6 heteroatoms. The fourth-order valence-corrected chi connectivity index (χ4v) is 4.88. The second-order valence-electron chi connectivity index (χ2n) is 6.30. The van der Waals surface area contributed by atoms with Crippen molar-refractivity contribution in [1.82, 2.24) is 10.2 Å². The zero-order valence-electron chi connectivity index (χ0n) is 13.1. The number of amides is 1. The number of carbonyl (C=O) groups excluding carboxylic acids is 1. The molecule has 0 aliphatic carbocycles. The fraction of sp³-hybridized carbons (Fsp3) is 0.588. The summed E-state index contributed by atoms with van der Waals surface area (Å²) in [5.74, 6) is 2.03. The molecule has 2 aliphatic heterocycles.